The van der Waals surface area contributed by atoms with E-state index in [1.807, 2.05) is 51.1 Å². The van der Waals surface area contributed by atoms with Crippen LogP contribution >= 0.6 is 0 Å². The van der Waals surface area contributed by atoms with Crippen molar-refractivity contribution in [2.24, 2.45) is 0 Å². The van der Waals surface area contributed by atoms with Gasteiger partial charge in [-0.05, 0) is 61.4 Å². The van der Waals surface area contributed by atoms with Gasteiger partial charge in [0.05, 0.1) is 25.9 Å². The van der Waals surface area contributed by atoms with Gasteiger partial charge in [0.15, 0.2) is 0 Å². The molecule has 10 nitrogen and oxygen atoms in total. The van der Waals surface area contributed by atoms with Gasteiger partial charge in [-0.2, -0.15) is 18.2 Å². The minimum absolute atomic E-state index is 0.0409. The van der Waals surface area contributed by atoms with Crippen molar-refractivity contribution in [3.63, 3.8) is 0 Å². The topological polar surface area (TPSA) is 109 Å². The predicted octanol–water partition coefficient (Wildman–Crippen LogP) is 6.63. The zero-order chi connectivity index (χ0) is 33.7. The van der Waals surface area contributed by atoms with Crippen LogP contribution in [0.15, 0.2) is 42.6 Å². The summed E-state index contributed by atoms with van der Waals surface area (Å²) < 4.78 is 52.8. The maximum atomic E-state index is 14.1. The summed E-state index contributed by atoms with van der Waals surface area (Å²) >= 11 is 0. The number of piperazine rings is 1. The Hall–Kier alpha value is -4.55. The molecule has 250 valence electrons. The van der Waals surface area contributed by atoms with E-state index in [0.29, 0.717) is 30.9 Å². The second kappa shape index (κ2) is 12.2. The van der Waals surface area contributed by atoms with Crippen LogP contribution in [0.5, 0.6) is 5.75 Å². The number of nitrogens with one attached hydrogen (secondary N) is 2. The third-order valence-electron chi connectivity index (χ3n) is 9.82. The van der Waals surface area contributed by atoms with E-state index in [9.17, 15) is 22.8 Å². The Morgan fingerprint density at radius 2 is 1.91 bits per heavy atom. The molecule has 3 atom stereocenters. The summed E-state index contributed by atoms with van der Waals surface area (Å²) in [6.07, 6.45) is -2.19. The number of ether oxygens (including phenoxy) is 2. The SMILES string of the molecule is CC[C@H]1CC(=O)C(C)(C)c2c(CNc3nc(Nc4ccc(N5CC6CC5CN6C(=O)OC)cc4OC)ncc3C(F)(F)F)cccc21. The quantitative estimate of drug-likeness (QED) is 0.277. The van der Waals surface area contributed by atoms with Crippen LogP contribution in [0.25, 0.3) is 0 Å². The zero-order valence-corrected chi connectivity index (χ0v) is 27.1. The molecule has 2 aliphatic heterocycles. The van der Waals surface area contributed by atoms with Gasteiger partial charge >= 0.3 is 12.3 Å². The highest BCUT2D eigenvalue weighted by atomic mass is 19.4. The molecule has 3 heterocycles. The van der Waals surface area contributed by atoms with Crippen molar-refractivity contribution in [3.8, 4) is 5.75 Å². The van der Waals surface area contributed by atoms with Crippen LogP contribution in [0, 0.1) is 0 Å². The monoisotopic (exact) mass is 652 g/mol. The van der Waals surface area contributed by atoms with Crippen molar-refractivity contribution < 1.29 is 32.2 Å². The molecule has 47 heavy (non-hydrogen) atoms. The summed E-state index contributed by atoms with van der Waals surface area (Å²) in [5.74, 6) is 0.230. The van der Waals surface area contributed by atoms with Gasteiger partial charge in [0.1, 0.15) is 22.9 Å². The van der Waals surface area contributed by atoms with Gasteiger partial charge in [0.25, 0.3) is 0 Å². The van der Waals surface area contributed by atoms with Gasteiger partial charge in [-0.3, -0.25) is 4.79 Å². The highest BCUT2D eigenvalue weighted by Crippen LogP contribution is 2.44. The van der Waals surface area contributed by atoms with E-state index in [2.05, 4.69) is 25.5 Å². The number of rotatable bonds is 8. The lowest BCUT2D eigenvalue weighted by atomic mass is 9.66. The first-order valence-electron chi connectivity index (χ1n) is 15.8. The third-order valence-corrected chi connectivity index (χ3v) is 9.82. The third kappa shape index (κ3) is 5.91. The Bertz CT molecular complexity index is 1700. The van der Waals surface area contributed by atoms with Crippen molar-refractivity contribution in [2.45, 2.75) is 76.2 Å². The number of likely N-dealkylation sites (tertiary alicyclic amines) is 1. The van der Waals surface area contributed by atoms with Crippen molar-refractivity contribution in [3.05, 3.63) is 64.8 Å². The number of Topliss-reactive ketones (excluding diaryl/α,β-unsaturated/α-hetero) is 1. The number of carbonyl (C=O) groups is 2. The lowest BCUT2D eigenvalue weighted by Gasteiger charge is -2.37. The summed E-state index contributed by atoms with van der Waals surface area (Å²) in [7, 11) is 2.89. The number of fused-ring (bicyclic) bond motifs is 3. The van der Waals surface area contributed by atoms with Crippen molar-refractivity contribution in [2.75, 3.05) is 42.8 Å². The smallest absolute Gasteiger partial charge is 0.421 e. The van der Waals surface area contributed by atoms with Gasteiger partial charge in [-0.25, -0.2) is 9.78 Å². The van der Waals surface area contributed by atoms with E-state index in [-0.39, 0.29) is 48.2 Å². The molecule has 2 unspecified atom stereocenters. The number of carbonyl (C=O) groups excluding carboxylic acids is 2. The van der Waals surface area contributed by atoms with Crippen molar-refractivity contribution in [1.29, 1.82) is 0 Å². The van der Waals surface area contributed by atoms with E-state index in [0.717, 1.165) is 41.4 Å². The molecule has 6 rings (SSSR count). The molecule has 2 bridgehead atoms. The standard InChI is InChI=1S/C34H39F3N6O4/c1-6-19-12-28(44)33(2,3)29-20(8-7-9-24(19)29)15-38-30-25(34(35,36)37)16-39-31(41-30)40-26-11-10-21(14-27(26)46-4)42-17-23-13-22(42)18-43(23)32(45)47-5/h7-11,14,16,19,22-23H,6,12-13,15,17-18H2,1-5H3,(H2,38,39,40,41)/t19-,22?,23?/m0/s1. The molecule has 0 saturated carbocycles. The molecule has 2 fully saturated rings. The Labute approximate surface area is 271 Å². The number of amides is 1. The van der Waals surface area contributed by atoms with Crippen LogP contribution in [0.2, 0.25) is 0 Å². The second-order valence-electron chi connectivity index (χ2n) is 12.9. The highest BCUT2D eigenvalue weighted by molar-refractivity contribution is 5.92. The molecular formula is C34H39F3N6O4. The van der Waals surface area contributed by atoms with Crippen LogP contribution in [0.3, 0.4) is 0 Å². The Morgan fingerprint density at radius 3 is 2.57 bits per heavy atom. The first kappa shape index (κ1) is 32.4. The normalized spacial score (nSPS) is 21.4. The fourth-order valence-electron chi connectivity index (χ4n) is 7.33. The molecule has 3 aliphatic rings. The Balaban J connectivity index is 1.24. The van der Waals surface area contributed by atoms with Crippen LogP contribution in [-0.4, -0.2) is 66.1 Å². The second-order valence-corrected chi connectivity index (χ2v) is 12.9. The highest BCUT2D eigenvalue weighted by Gasteiger charge is 2.46. The molecule has 2 N–H and O–H groups in total. The fraction of sp³-hybridized carbons (Fsp3) is 0.471. The van der Waals surface area contributed by atoms with Crippen LogP contribution in [-0.2, 0) is 27.7 Å². The molecular weight excluding hydrogens is 613 g/mol. The zero-order valence-electron chi connectivity index (χ0n) is 27.1. The van der Waals surface area contributed by atoms with E-state index >= 15 is 0 Å². The fourth-order valence-corrected chi connectivity index (χ4v) is 7.33. The number of benzene rings is 2. The summed E-state index contributed by atoms with van der Waals surface area (Å²) in [5.41, 5.74) is 2.30. The summed E-state index contributed by atoms with van der Waals surface area (Å²) in [5, 5.41) is 5.92. The molecule has 2 saturated heterocycles. The number of aromatic nitrogens is 2. The van der Waals surface area contributed by atoms with Gasteiger partial charge < -0.3 is 29.9 Å². The lowest BCUT2D eigenvalue weighted by Crippen LogP contribution is -2.48. The average Bonchev–Trinajstić information content (AvgIpc) is 3.66. The number of methoxy groups -OCH3 is 2. The molecule has 1 aliphatic carbocycles. The molecule has 0 spiro atoms. The summed E-state index contributed by atoms with van der Waals surface area (Å²) in [6, 6.07) is 11.5. The van der Waals surface area contributed by atoms with Crippen molar-refractivity contribution in [1.82, 2.24) is 14.9 Å². The van der Waals surface area contributed by atoms with Gasteiger partial charge in [0, 0.05) is 55.5 Å². The van der Waals surface area contributed by atoms with Crippen LogP contribution in [0.4, 0.5) is 41.1 Å². The predicted molar refractivity (Wildman–Crippen MR) is 171 cm³/mol. The minimum Gasteiger partial charge on any atom is -0.494 e. The van der Waals surface area contributed by atoms with E-state index in [1.54, 1.807) is 11.0 Å². The Morgan fingerprint density at radius 1 is 1.13 bits per heavy atom. The molecule has 0 radical (unpaired) electrons. The van der Waals surface area contributed by atoms with E-state index < -0.39 is 17.2 Å². The first-order chi connectivity index (χ1) is 22.3. The van der Waals surface area contributed by atoms with Crippen LogP contribution < -0.4 is 20.3 Å². The minimum atomic E-state index is -4.70. The maximum Gasteiger partial charge on any atom is 0.421 e. The van der Waals surface area contributed by atoms with Gasteiger partial charge in [-0.1, -0.05) is 25.1 Å². The molecule has 1 amide bonds. The van der Waals surface area contributed by atoms with Crippen LogP contribution in [0.1, 0.15) is 68.2 Å². The Kier molecular flexibility index (Phi) is 8.43. The number of anilines is 4. The maximum absolute atomic E-state index is 14.1. The largest absolute Gasteiger partial charge is 0.494 e. The first-order valence-corrected chi connectivity index (χ1v) is 15.8. The number of alkyl halides is 3. The summed E-state index contributed by atoms with van der Waals surface area (Å²) in [6.45, 7) is 7.05. The number of nitrogens with zero attached hydrogens (tertiary/aromatic N) is 4. The van der Waals surface area contributed by atoms with E-state index in [4.69, 9.17) is 9.47 Å². The molecule has 3 aromatic rings. The lowest BCUT2D eigenvalue weighted by molar-refractivity contribution is -0.137. The summed E-state index contributed by atoms with van der Waals surface area (Å²) in [4.78, 5) is 37.3. The molecule has 2 aromatic carbocycles. The number of hydrogen-bond donors (Lipinski definition) is 2. The number of halogens is 3. The molecule has 13 heteroatoms. The number of ketones is 1. The van der Waals surface area contributed by atoms with Crippen molar-refractivity contribution >= 4 is 35.0 Å². The number of hydrogen-bond acceptors (Lipinski definition) is 9. The van der Waals surface area contributed by atoms with Gasteiger partial charge in [-0.15, -0.1) is 0 Å². The molecule has 1 aromatic heterocycles. The van der Waals surface area contributed by atoms with E-state index in [1.165, 1.54) is 14.2 Å². The average molecular weight is 653 g/mol. The van der Waals surface area contributed by atoms with Gasteiger partial charge in [0.2, 0.25) is 5.95 Å².